The van der Waals surface area contributed by atoms with Crippen LogP contribution in [-0.2, 0) is 0 Å². The molecule has 9 aromatic carbocycles. The predicted octanol–water partition coefficient (Wildman–Crippen LogP) is 13.3. The molecule has 0 aliphatic heterocycles. The third-order valence-electron chi connectivity index (χ3n) is 9.23. The van der Waals surface area contributed by atoms with Crippen molar-refractivity contribution in [3.05, 3.63) is 181 Å². The van der Waals surface area contributed by atoms with E-state index in [4.69, 9.17) is 2.74 Å². The molecule has 0 saturated carbocycles. The van der Waals surface area contributed by atoms with Crippen LogP contribution in [0.2, 0.25) is 0 Å². The van der Waals surface area contributed by atoms with Crippen molar-refractivity contribution in [2.75, 3.05) is 0 Å². The summed E-state index contributed by atoms with van der Waals surface area (Å²) in [6, 6.07) is 41.8. The second kappa shape index (κ2) is 11.1. The van der Waals surface area contributed by atoms with Crippen molar-refractivity contribution in [1.29, 1.82) is 0 Å². The normalized spacial score (nSPS) is 13.6. The quantitative estimate of drug-likeness (QED) is 0.176. The minimum atomic E-state index is -0.380. The van der Waals surface area contributed by atoms with Gasteiger partial charge in [0, 0.05) is 0 Å². The van der Waals surface area contributed by atoms with Crippen LogP contribution in [0.4, 0.5) is 0 Å². The molecule has 0 heteroatoms. The van der Waals surface area contributed by atoms with Crippen LogP contribution in [0.5, 0.6) is 0 Å². The Hall–Kier alpha value is -5.98. The van der Waals surface area contributed by atoms with E-state index in [2.05, 4.69) is 31.2 Å². The molecule has 0 unspecified atom stereocenters. The zero-order valence-electron chi connectivity index (χ0n) is 32.7. The van der Waals surface area contributed by atoms with Gasteiger partial charge >= 0.3 is 0 Å². The van der Waals surface area contributed by atoms with E-state index in [1.54, 1.807) is 0 Å². The lowest BCUT2D eigenvalue weighted by Crippen LogP contribution is -1.92. The number of fused-ring (bicyclic) bond motifs is 4. The van der Waals surface area contributed by atoms with Gasteiger partial charge in [-0.1, -0.05) is 164 Å². The lowest BCUT2D eigenvalue weighted by molar-refractivity contribution is 1.46. The molecule has 0 N–H and O–H groups in total. The third-order valence-corrected chi connectivity index (χ3v) is 9.23. The summed E-state index contributed by atoms with van der Waals surface area (Å²) in [5.41, 5.74) is 6.46. The summed E-state index contributed by atoms with van der Waals surface area (Å²) in [5, 5.41) is 4.77. The highest BCUT2D eigenvalue weighted by molar-refractivity contribution is 6.24. The Kier molecular flexibility index (Phi) is 4.95. The van der Waals surface area contributed by atoms with E-state index in [9.17, 15) is 6.85 Å². The van der Waals surface area contributed by atoms with Crippen LogP contribution in [0.25, 0.3) is 87.6 Å². The zero-order chi connectivity index (χ0) is 37.4. The number of hydrogen-bond donors (Lipinski definition) is 0. The molecule has 0 fully saturated rings. The Balaban J connectivity index is 1.50. The number of benzene rings is 9. The van der Waals surface area contributed by atoms with Crippen LogP contribution < -0.4 is 0 Å². The first kappa shape index (κ1) is 20.9. The molecule has 0 bridgehead atoms. The zero-order valence-corrected chi connectivity index (χ0v) is 25.7. The van der Waals surface area contributed by atoms with Gasteiger partial charge in [-0.25, -0.2) is 0 Å². The van der Waals surface area contributed by atoms with Crippen molar-refractivity contribution in [2.45, 2.75) is 6.92 Å². The average molecular weight is 604 g/mol. The van der Waals surface area contributed by atoms with Crippen molar-refractivity contribution in [3.63, 3.8) is 0 Å². The SMILES string of the molecule is [2H]c1c([2H])c([2H])c2c(-c3cccc4ccccc34)c3c([2H])c(-c4cccc5cc(-c6ccccc6C)ccc45)c([2H])c([2H])c3c(-c3ccccc3)c2c1[2H]. The van der Waals surface area contributed by atoms with E-state index in [-0.39, 0.29) is 53.1 Å². The second-order valence-electron chi connectivity index (χ2n) is 11.9. The van der Waals surface area contributed by atoms with Crippen LogP contribution >= 0.6 is 0 Å². The first-order valence-electron chi connectivity index (χ1n) is 19.3. The highest BCUT2D eigenvalue weighted by Crippen LogP contribution is 2.46. The molecule has 9 aromatic rings. The number of hydrogen-bond acceptors (Lipinski definition) is 0. The van der Waals surface area contributed by atoms with Crippen molar-refractivity contribution >= 4 is 43.1 Å². The van der Waals surface area contributed by atoms with E-state index in [1.165, 1.54) is 0 Å². The van der Waals surface area contributed by atoms with Crippen molar-refractivity contribution < 1.29 is 9.60 Å². The van der Waals surface area contributed by atoms with Gasteiger partial charge in [-0.2, -0.15) is 0 Å². The fourth-order valence-corrected chi connectivity index (χ4v) is 7.03. The molecular formula is C47H32. The smallest absolute Gasteiger partial charge is 0.0622 e. The Bertz CT molecular complexity index is 3020. The maximum atomic E-state index is 10.2. The van der Waals surface area contributed by atoms with Gasteiger partial charge in [-0.05, 0) is 112 Å². The number of rotatable bonds is 4. The molecule has 47 heavy (non-hydrogen) atoms. The molecule has 0 amide bonds. The van der Waals surface area contributed by atoms with Gasteiger partial charge in [0.2, 0.25) is 0 Å². The first-order chi connectivity index (χ1) is 26.2. The van der Waals surface area contributed by atoms with Crippen LogP contribution in [0.3, 0.4) is 0 Å². The highest BCUT2D eigenvalue weighted by atomic mass is 14.2. The van der Waals surface area contributed by atoms with Gasteiger partial charge in [0.1, 0.15) is 0 Å². The Morgan fingerprint density at radius 2 is 1.02 bits per heavy atom. The monoisotopic (exact) mass is 603 g/mol. The molecule has 0 radical (unpaired) electrons. The molecule has 0 nitrogen and oxygen atoms in total. The summed E-state index contributed by atoms with van der Waals surface area (Å²) < 4.78 is 65.9. The molecule has 0 aliphatic rings. The molecule has 220 valence electrons. The summed E-state index contributed by atoms with van der Waals surface area (Å²) in [5.74, 6) is 0. The van der Waals surface area contributed by atoms with Gasteiger partial charge in [-0.3, -0.25) is 0 Å². The van der Waals surface area contributed by atoms with Gasteiger partial charge in [0.15, 0.2) is 0 Å². The van der Waals surface area contributed by atoms with E-state index >= 15 is 0 Å². The van der Waals surface area contributed by atoms with E-state index in [1.807, 2.05) is 109 Å². The third kappa shape index (κ3) is 4.53. The fourth-order valence-electron chi connectivity index (χ4n) is 7.03. The van der Waals surface area contributed by atoms with Crippen LogP contribution in [0.1, 0.15) is 15.2 Å². The second-order valence-corrected chi connectivity index (χ2v) is 11.9. The van der Waals surface area contributed by atoms with Crippen LogP contribution in [-0.4, -0.2) is 0 Å². The first-order valence-corrected chi connectivity index (χ1v) is 15.8. The summed E-state index contributed by atoms with van der Waals surface area (Å²) in [4.78, 5) is 0. The molecule has 0 saturated heterocycles. The molecular weight excluding hydrogens is 565 g/mol. The van der Waals surface area contributed by atoms with E-state index in [0.717, 1.165) is 38.2 Å². The van der Waals surface area contributed by atoms with Gasteiger partial charge in [0.05, 0.1) is 9.60 Å². The molecule has 0 heterocycles. The van der Waals surface area contributed by atoms with Crippen molar-refractivity contribution in [3.8, 4) is 44.5 Å². The van der Waals surface area contributed by atoms with Crippen molar-refractivity contribution in [2.24, 2.45) is 0 Å². The van der Waals surface area contributed by atoms with Gasteiger partial charge < -0.3 is 0 Å². The fraction of sp³-hybridized carbons (Fsp3) is 0.0213. The van der Waals surface area contributed by atoms with E-state index in [0.29, 0.717) is 44.2 Å². The Morgan fingerprint density at radius 1 is 0.383 bits per heavy atom. The average Bonchev–Trinajstić information content (AvgIpc) is 3.20. The molecule has 0 spiro atoms. The number of aryl methyl sites for hydroxylation is 1. The van der Waals surface area contributed by atoms with Gasteiger partial charge in [0.25, 0.3) is 0 Å². The largest absolute Gasteiger partial charge is 0.0636 e. The van der Waals surface area contributed by atoms with E-state index < -0.39 is 0 Å². The Labute approximate surface area is 285 Å². The van der Waals surface area contributed by atoms with Gasteiger partial charge in [-0.15, -0.1) is 0 Å². The maximum absolute atomic E-state index is 10.2. The summed E-state index contributed by atoms with van der Waals surface area (Å²) in [7, 11) is 0. The highest BCUT2D eigenvalue weighted by Gasteiger charge is 2.19. The van der Waals surface area contributed by atoms with Crippen LogP contribution in [0, 0.1) is 6.92 Å². The summed E-state index contributed by atoms with van der Waals surface area (Å²) >= 11 is 0. The summed E-state index contributed by atoms with van der Waals surface area (Å²) in [6.45, 7) is 2.08. The maximum Gasteiger partial charge on any atom is 0.0636 e. The minimum Gasteiger partial charge on any atom is -0.0622 e. The molecule has 0 aliphatic carbocycles. The lowest BCUT2D eigenvalue weighted by atomic mass is 9.83. The topological polar surface area (TPSA) is 0 Å². The molecule has 0 atom stereocenters. The standard InChI is InChI=1S/C47H32/c1-31-13-5-7-19-37(31)35-25-27-40-34(29-35)18-12-23-39(40)36-26-28-44-45(30-36)47(41-24-11-17-32-14-6-8-20-38(32)41)43-22-10-9-21-42(43)46(44)33-15-3-2-4-16-33/h2-30H,1H3/i9D,10D,21D,22D,26D,28D,30D. The minimum absolute atomic E-state index is 0.0240. The predicted molar refractivity (Wildman–Crippen MR) is 203 cm³/mol. The Morgan fingerprint density at radius 3 is 1.87 bits per heavy atom. The molecule has 9 rings (SSSR count). The lowest BCUT2D eigenvalue weighted by Gasteiger charge is -2.20. The van der Waals surface area contributed by atoms with Crippen LogP contribution in [0.15, 0.2) is 176 Å². The molecule has 0 aromatic heterocycles. The summed E-state index contributed by atoms with van der Waals surface area (Å²) in [6.07, 6.45) is 0. The van der Waals surface area contributed by atoms with Crippen molar-refractivity contribution in [1.82, 2.24) is 0 Å².